The van der Waals surface area contributed by atoms with Gasteiger partial charge in [0.25, 0.3) is 5.91 Å². The molecule has 1 amide bonds. The maximum atomic E-state index is 12.9. The zero-order chi connectivity index (χ0) is 16.5. The van der Waals surface area contributed by atoms with E-state index in [-0.39, 0.29) is 5.91 Å². The Morgan fingerprint density at radius 2 is 1.62 bits per heavy atom. The predicted molar refractivity (Wildman–Crippen MR) is 95.2 cm³/mol. The molecule has 4 rings (SSSR count). The SMILES string of the molecule is O=C(c1ccc(-n2cccc2)cc1)N1CCS(=O)c2ccccc21. The number of rotatable bonds is 2. The van der Waals surface area contributed by atoms with Crippen LogP contribution in [0, 0.1) is 0 Å². The van der Waals surface area contributed by atoms with Crippen LogP contribution in [0.5, 0.6) is 0 Å². The first-order chi connectivity index (χ1) is 11.7. The molecule has 0 saturated heterocycles. The summed E-state index contributed by atoms with van der Waals surface area (Å²) in [4.78, 5) is 15.3. The molecule has 0 radical (unpaired) electrons. The summed E-state index contributed by atoms with van der Waals surface area (Å²) in [6, 6.07) is 18.9. The van der Waals surface area contributed by atoms with Gasteiger partial charge in [-0.2, -0.15) is 0 Å². The smallest absolute Gasteiger partial charge is 0.258 e. The van der Waals surface area contributed by atoms with E-state index >= 15 is 0 Å². The van der Waals surface area contributed by atoms with Crippen LogP contribution in [-0.2, 0) is 10.8 Å². The van der Waals surface area contributed by atoms with E-state index in [0.717, 1.165) is 16.3 Å². The molecule has 2 aromatic carbocycles. The molecule has 1 aromatic heterocycles. The van der Waals surface area contributed by atoms with Crippen molar-refractivity contribution < 1.29 is 9.00 Å². The Bertz CT molecular complexity index is 901. The zero-order valence-electron chi connectivity index (χ0n) is 13.0. The van der Waals surface area contributed by atoms with E-state index in [4.69, 9.17) is 0 Å². The molecule has 1 atom stereocenters. The van der Waals surface area contributed by atoms with Crippen molar-refractivity contribution in [2.45, 2.75) is 4.90 Å². The Morgan fingerprint density at radius 3 is 2.38 bits per heavy atom. The highest BCUT2D eigenvalue weighted by Gasteiger charge is 2.26. The van der Waals surface area contributed by atoms with Crippen LogP contribution in [0.25, 0.3) is 5.69 Å². The second-order valence-electron chi connectivity index (χ2n) is 5.61. The number of carbonyl (C=O) groups is 1. The van der Waals surface area contributed by atoms with Crippen LogP contribution in [0.1, 0.15) is 10.4 Å². The monoisotopic (exact) mass is 336 g/mol. The standard InChI is InChI=1S/C19H16N2O2S/c22-19(15-7-9-16(10-8-15)20-11-3-4-12-20)21-13-14-24(23)18-6-2-1-5-17(18)21/h1-12H,13-14H2. The Balaban J connectivity index is 1.65. The quantitative estimate of drug-likeness (QED) is 0.721. The van der Waals surface area contributed by atoms with Gasteiger partial charge < -0.3 is 9.47 Å². The molecule has 1 aliphatic heterocycles. The molecule has 0 aliphatic carbocycles. The van der Waals surface area contributed by atoms with Crippen molar-refractivity contribution in [2.24, 2.45) is 0 Å². The summed E-state index contributed by atoms with van der Waals surface area (Å²) in [5.41, 5.74) is 2.40. The van der Waals surface area contributed by atoms with Crippen molar-refractivity contribution in [1.29, 1.82) is 0 Å². The molecule has 1 aliphatic rings. The minimum atomic E-state index is -1.03. The molecule has 0 N–H and O–H groups in total. The Kier molecular flexibility index (Phi) is 3.78. The second kappa shape index (κ2) is 6.09. The first-order valence-corrected chi connectivity index (χ1v) is 9.08. The second-order valence-corrected chi connectivity index (χ2v) is 7.15. The molecular formula is C19H16N2O2S. The molecule has 0 spiro atoms. The molecule has 0 saturated carbocycles. The molecule has 5 heteroatoms. The van der Waals surface area contributed by atoms with Crippen molar-refractivity contribution in [3.8, 4) is 5.69 Å². The number of hydrogen-bond acceptors (Lipinski definition) is 2. The van der Waals surface area contributed by atoms with E-state index in [2.05, 4.69) is 0 Å². The Morgan fingerprint density at radius 1 is 0.917 bits per heavy atom. The van der Waals surface area contributed by atoms with Crippen molar-refractivity contribution >= 4 is 22.4 Å². The fourth-order valence-corrected chi connectivity index (χ4v) is 4.14. The summed E-state index contributed by atoms with van der Waals surface area (Å²) >= 11 is 0. The first kappa shape index (κ1) is 14.9. The van der Waals surface area contributed by atoms with Gasteiger partial charge in [0.05, 0.1) is 21.4 Å². The van der Waals surface area contributed by atoms with E-state index in [1.54, 1.807) is 4.90 Å². The summed E-state index contributed by atoms with van der Waals surface area (Å²) in [5, 5.41) is 0. The van der Waals surface area contributed by atoms with Gasteiger partial charge >= 0.3 is 0 Å². The lowest BCUT2D eigenvalue weighted by Gasteiger charge is -2.29. The van der Waals surface area contributed by atoms with Gasteiger partial charge in [-0.05, 0) is 48.5 Å². The number of nitrogens with zero attached hydrogens (tertiary/aromatic N) is 2. The van der Waals surface area contributed by atoms with Crippen molar-refractivity contribution in [2.75, 3.05) is 17.2 Å². The fourth-order valence-electron chi connectivity index (χ4n) is 2.93. The largest absolute Gasteiger partial charge is 0.324 e. The summed E-state index contributed by atoms with van der Waals surface area (Å²) < 4.78 is 14.1. The van der Waals surface area contributed by atoms with E-state index < -0.39 is 10.8 Å². The van der Waals surface area contributed by atoms with Crippen molar-refractivity contribution in [3.63, 3.8) is 0 Å². The minimum Gasteiger partial charge on any atom is -0.324 e. The van der Waals surface area contributed by atoms with Crippen LogP contribution in [-0.4, -0.2) is 27.0 Å². The number of benzene rings is 2. The van der Waals surface area contributed by atoms with Crippen LogP contribution in [0.4, 0.5) is 5.69 Å². The number of anilines is 1. The topological polar surface area (TPSA) is 42.3 Å². The van der Waals surface area contributed by atoms with Gasteiger partial charge in [0.15, 0.2) is 0 Å². The maximum Gasteiger partial charge on any atom is 0.258 e. The van der Waals surface area contributed by atoms with Crippen LogP contribution in [0.3, 0.4) is 0 Å². The fraction of sp³-hybridized carbons (Fsp3) is 0.105. The van der Waals surface area contributed by atoms with Crippen molar-refractivity contribution in [3.05, 3.63) is 78.6 Å². The number of carbonyl (C=O) groups excluding carboxylic acids is 1. The lowest BCUT2D eigenvalue weighted by atomic mass is 10.1. The average molecular weight is 336 g/mol. The summed E-state index contributed by atoms with van der Waals surface area (Å²) in [5.74, 6) is 0.419. The molecule has 24 heavy (non-hydrogen) atoms. The molecule has 0 fully saturated rings. The van der Waals surface area contributed by atoms with Gasteiger partial charge in [-0.15, -0.1) is 0 Å². The van der Waals surface area contributed by atoms with E-state index in [9.17, 15) is 9.00 Å². The lowest BCUT2D eigenvalue weighted by Crippen LogP contribution is -2.38. The highest BCUT2D eigenvalue weighted by Crippen LogP contribution is 2.29. The van der Waals surface area contributed by atoms with E-state index in [1.165, 1.54) is 0 Å². The van der Waals surface area contributed by atoms with Gasteiger partial charge in [0.2, 0.25) is 0 Å². The summed E-state index contributed by atoms with van der Waals surface area (Å²) in [7, 11) is -1.03. The van der Waals surface area contributed by atoms with Crippen LogP contribution in [0.2, 0.25) is 0 Å². The number of amides is 1. The van der Waals surface area contributed by atoms with E-state index in [0.29, 0.717) is 17.9 Å². The van der Waals surface area contributed by atoms with Crippen molar-refractivity contribution in [1.82, 2.24) is 4.57 Å². The number of aromatic nitrogens is 1. The normalized spacial score (nSPS) is 16.7. The van der Waals surface area contributed by atoms with Gasteiger partial charge in [-0.25, -0.2) is 0 Å². The average Bonchev–Trinajstić information content (AvgIpc) is 3.17. The third-order valence-electron chi connectivity index (χ3n) is 4.16. The molecule has 4 nitrogen and oxygen atoms in total. The molecule has 0 bridgehead atoms. The van der Waals surface area contributed by atoms with Crippen LogP contribution >= 0.6 is 0 Å². The maximum absolute atomic E-state index is 12.9. The van der Waals surface area contributed by atoms with E-state index in [1.807, 2.05) is 77.6 Å². The predicted octanol–water partition coefficient (Wildman–Crippen LogP) is 3.25. The van der Waals surface area contributed by atoms with Gasteiger partial charge in [0, 0.05) is 35.9 Å². The molecule has 3 aromatic rings. The van der Waals surface area contributed by atoms with Gasteiger partial charge in [0.1, 0.15) is 0 Å². The molecule has 2 heterocycles. The Labute approximate surface area is 142 Å². The summed E-state index contributed by atoms with van der Waals surface area (Å²) in [6.07, 6.45) is 3.93. The number of hydrogen-bond donors (Lipinski definition) is 0. The highest BCUT2D eigenvalue weighted by molar-refractivity contribution is 7.85. The number of fused-ring (bicyclic) bond motifs is 1. The molecule has 120 valence electrons. The Hall–Kier alpha value is -2.66. The third-order valence-corrected chi connectivity index (χ3v) is 5.55. The highest BCUT2D eigenvalue weighted by atomic mass is 32.2. The zero-order valence-corrected chi connectivity index (χ0v) is 13.8. The first-order valence-electron chi connectivity index (χ1n) is 7.77. The molecule has 1 unspecified atom stereocenters. The van der Waals surface area contributed by atoms with Gasteiger partial charge in [-0.3, -0.25) is 9.00 Å². The number of para-hydroxylation sites is 1. The lowest BCUT2D eigenvalue weighted by molar-refractivity contribution is 0.0987. The third kappa shape index (κ3) is 2.57. The summed E-state index contributed by atoms with van der Waals surface area (Å²) in [6.45, 7) is 0.474. The minimum absolute atomic E-state index is 0.0572. The van der Waals surface area contributed by atoms with Crippen LogP contribution < -0.4 is 4.90 Å². The van der Waals surface area contributed by atoms with Crippen LogP contribution in [0.15, 0.2) is 78.0 Å². The molecular weight excluding hydrogens is 320 g/mol. The van der Waals surface area contributed by atoms with Gasteiger partial charge in [-0.1, -0.05) is 12.1 Å².